The van der Waals surface area contributed by atoms with Crippen LogP contribution in [0.5, 0.6) is 0 Å². The normalized spacial score (nSPS) is 26.7. The van der Waals surface area contributed by atoms with Gasteiger partial charge < -0.3 is 0 Å². The number of rotatable bonds is 4. The van der Waals surface area contributed by atoms with Crippen LogP contribution >= 0.6 is 0 Å². The lowest BCUT2D eigenvalue weighted by atomic mass is 9.92. The highest BCUT2D eigenvalue weighted by molar-refractivity contribution is 5.84. The molecule has 1 unspecified atom stereocenters. The van der Waals surface area contributed by atoms with Gasteiger partial charge in [-0.1, -0.05) is 6.42 Å². The Balaban J connectivity index is 1.96. The summed E-state index contributed by atoms with van der Waals surface area (Å²) in [6.07, 6.45) is 6.99. The van der Waals surface area contributed by atoms with Crippen molar-refractivity contribution in [2.24, 2.45) is 0 Å². The van der Waals surface area contributed by atoms with Crippen molar-refractivity contribution in [3.8, 4) is 6.07 Å². The lowest BCUT2D eigenvalue weighted by Crippen LogP contribution is -2.44. The largest absolute Gasteiger partial charge is 0.298 e. The van der Waals surface area contributed by atoms with Crippen LogP contribution in [0.25, 0.3) is 0 Å². The molecule has 0 aromatic heterocycles. The summed E-state index contributed by atoms with van der Waals surface area (Å²) in [7, 11) is 0. The van der Waals surface area contributed by atoms with Crippen LogP contribution in [0.2, 0.25) is 0 Å². The summed E-state index contributed by atoms with van der Waals surface area (Å²) in [4.78, 5) is 14.1. The standard InChI is InChI=1S/C12H18N2O/c13-8-3-9-14(10-6-7-10)11-4-1-2-5-12(11)15/h10-11H,1-7,9H2. The number of nitriles is 1. The van der Waals surface area contributed by atoms with E-state index >= 15 is 0 Å². The third-order valence-corrected chi connectivity index (χ3v) is 3.42. The van der Waals surface area contributed by atoms with Crippen molar-refractivity contribution in [3.63, 3.8) is 0 Å². The molecule has 2 aliphatic rings. The van der Waals surface area contributed by atoms with E-state index in [9.17, 15) is 4.79 Å². The molecule has 0 spiro atoms. The van der Waals surface area contributed by atoms with Gasteiger partial charge in [-0.05, 0) is 25.7 Å². The molecule has 82 valence electrons. The van der Waals surface area contributed by atoms with Crippen LogP contribution in [0.3, 0.4) is 0 Å². The van der Waals surface area contributed by atoms with Crippen molar-refractivity contribution in [2.75, 3.05) is 6.54 Å². The van der Waals surface area contributed by atoms with E-state index in [1.165, 1.54) is 19.3 Å². The van der Waals surface area contributed by atoms with Gasteiger partial charge in [0.05, 0.1) is 12.1 Å². The Kier molecular flexibility index (Phi) is 3.37. The van der Waals surface area contributed by atoms with Crippen molar-refractivity contribution < 1.29 is 4.79 Å². The van der Waals surface area contributed by atoms with Gasteiger partial charge in [0, 0.05) is 25.4 Å². The van der Waals surface area contributed by atoms with Gasteiger partial charge in [-0.3, -0.25) is 9.69 Å². The monoisotopic (exact) mass is 206 g/mol. The Morgan fingerprint density at radius 2 is 2.13 bits per heavy atom. The molecule has 0 amide bonds. The first-order valence-electron chi connectivity index (χ1n) is 5.98. The van der Waals surface area contributed by atoms with E-state index in [4.69, 9.17) is 5.26 Å². The number of carbonyl (C=O) groups is 1. The zero-order valence-corrected chi connectivity index (χ0v) is 9.11. The average Bonchev–Trinajstić information content (AvgIpc) is 3.05. The molecule has 0 saturated heterocycles. The molecule has 0 N–H and O–H groups in total. The lowest BCUT2D eigenvalue weighted by molar-refractivity contribution is -0.126. The molecule has 0 aliphatic heterocycles. The van der Waals surface area contributed by atoms with E-state index in [0.717, 1.165) is 25.8 Å². The minimum atomic E-state index is 0.139. The summed E-state index contributed by atoms with van der Waals surface area (Å²) >= 11 is 0. The molecule has 0 heterocycles. The fraction of sp³-hybridized carbons (Fsp3) is 0.833. The van der Waals surface area contributed by atoms with Crippen LogP contribution < -0.4 is 0 Å². The van der Waals surface area contributed by atoms with E-state index in [1.54, 1.807) is 0 Å². The molecule has 0 radical (unpaired) electrons. The van der Waals surface area contributed by atoms with Crippen LogP contribution in [0.1, 0.15) is 44.9 Å². The first kappa shape index (κ1) is 10.6. The second kappa shape index (κ2) is 4.76. The van der Waals surface area contributed by atoms with E-state index in [2.05, 4.69) is 11.0 Å². The maximum absolute atomic E-state index is 11.8. The Morgan fingerprint density at radius 3 is 2.73 bits per heavy atom. The van der Waals surface area contributed by atoms with Crippen molar-refractivity contribution >= 4 is 5.78 Å². The molecule has 3 heteroatoms. The summed E-state index contributed by atoms with van der Waals surface area (Å²) < 4.78 is 0. The van der Waals surface area contributed by atoms with Gasteiger partial charge in [-0.15, -0.1) is 0 Å². The third-order valence-electron chi connectivity index (χ3n) is 3.42. The minimum Gasteiger partial charge on any atom is -0.298 e. The Morgan fingerprint density at radius 1 is 1.33 bits per heavy atom. The first-order valence-corrected chi connectivity index (χ1v) is 5.98. The van der Waals surface area contributed by atoms with Crippen LogP contribution in [0, 0.1) is 11.3 Å². The van der Waals surface area contributed by atoms with Crippen LogP contribution in [-0.2, 0) is 4.79 Å². The summed E-state index contributed by atoms with van der Waals surface area (Å²) in [5.74, 6) is 0.408. The number of carbonyl (C=O) groups excluding carboxylic acids is 1. The van der Waals surface area contributed by atoms with Gasteiger partial charge in [0.2, 0.25) is 0 Å². The van der Waals surface area contributed by atoms with Crippen LogP contribution in [0.15, 0.2) is 0 Å². The molecule has 0 aromatic carbocycles. The second-order valence-corrected chi connectivity index (χ2v) is 4.61. The SMILES string of the molecule is N#CCCN(C1CC1)C1CCCCC1=O. The van der Waals surface area contributed by atoms with Gasteiger partial charge in [-0.25, -0.2) is 0 Å². The van der Waals surface area contributed by atoms with E-state index in [-0.39, 0.29) is 6.04 Å². The minimum absolute atomic E-state index is 0.139. The number of ketones is 1. The fourth-order valence-electron chi connectivity index (χ4n) is 2.49. The number of hydrogen-bond acceptors (Lipinski definition) is 3. The maximum Gasteiger partial charge on any atom is 0.149 e. The van der Waals surface area contributed by atoms with Gasteiger partial charge in [0.25, 0.3) is 0 Å². The Labute approximate surface area is 91.1 Å². The van der Waals surface area contributed by atoms with Gasteiger partial charge >= 0.3 is 0 Å². The molecular formula is C12H18N2O. The Bertz CT molecular complexity index is 278. The van der Waals surface area contributed by atoms with Gasteiger partial charge in [0.15, 0.2) is 0 Å². The zero-order chi connectivity index (χ0) is 10.7. The summed E-state index contributed by atoms with van der Waals surface area (Å²) in [5, 5.41) is 8.62. The molecule has 2 rings (SSSR count). The molecule has 0 aromatic rings. The van der Waals surface area contributed by atoms with Crippen molar-refractivity contribution in [3.05, 3.63) is 0 Å². The molecule has 2 saturated carbocycles. The lowest BCUT2D eigenvalue weighted by Gasteiger charge is -2.32. The molecule has 15 heavy (non-hydrogen) atoms. The Hall–Kier alpha value is -0.880. The molecular weight excluding hydrogens is 188 g/mol. The smallest absolute Gasteiger partial charge is 0.149 e. The van der Waals surface area contributed by atoms with Crippen LogP contribution in [0.4, 0.5) is 0 Å². The van der Waals surface area contributed by atoms with Gasteiger partial charge in [-0.2, -0.15) is 5.26 Å². The predicted molar refractivity (Wildman–Crippen MR) is 57.2 cm³/mol. The van der Waals surface area contributed by atoms with E-state index in [0.29, 0.717) is 18.2 Å². The summed E-state index contributed by atoms with van der Waals surface area (Å²) in [5.41, 5.74) is 0. The first-order chi connectivity index (χ1) is 7.33. The van der Waals surface area contributed by atoms with Crippen molar-refractivity contribution in [1.82, 2.24) is 4.90 Å². The summed E-state index contributed by atoms with van der Waals surface area (Å²) in [6.45, 7) is 0.789. The highest BCUT2D eigenvalue weighted by Crippen LogP contribution is 2.32. The molecule has 0 bridgehead atoms. The molecule has 2 aliphatic carbocycles. The predicted octanol–water partition coefficient (Wildman–Crippen LogP) is 1.88. The molecule has 1 atom stereocenters. The maximum atomic E-state index is 11.8. The highest BCUT2D eigenvalue weighted by atomic mass is 16.1. The highest BCUT2D eigenvalue weighted by Gasteiger charge is 2.37. The molecule has 2 fully saturated rings. The number of hydrogen-bond donors (Lipinski definition) is 0. The number of Topliss-reactive ketones (excluding diaryl/α,β-unsaturated/α-hetero) is 1. The average molecular weight is 206 g/mol. The van der Waals surface area contributed by atoms with E-state index < -0.39 is 0 Å². The van der Waals surface area contributed by atoms with Crippen LogP contribution in [-0.4, -0.2) is 29.3 Å². The zero-order valence-electron chi connectivity index (χ0n) is 9.11. The van der Waals surface area contributed by atoms with Crippen molar-refractivity contribution in [1.29, 1.82) is 5.26 Å². The third kappa shape index (κ3) is 2.57. The second-order valence-electron chi connectivity index (χ2n) is 4.61. The van der Waals surface area contributed by atoms with E-state index in [1.807, 2.05) is 0 Å². The summed E-state index contributed by atoms with van der Waals surface area (Å²) in [6, 6.07) is 2.92. The van der Waals surface area contributed by atoms with Gasteiger partial charge in [0.1, 0.15) is 5.78 Å². The van der Waals surface area contributed by atoms with Crippen molar-refractivity contribution in [2.45, 2.75) is 57.0 Å². The molecule has 3 nitrogen and oxygen atoms in total. The topological polar surface area (TPSA) is 44.1 Å². The number of nitrogens with zero attached hydrogens (tertiary/aromatic N) is 2. The fourth-order valence-corrected chi connectivity index (χ4v) is 2.49. The quantitative estimate of drug-likeness (QED) is 0.705.